The third-order valence-corrected chi connectivity index (χ3v) is 2.61. The molecule has 0 aliphatic heterocycles. The highest BCUT2D eigenvalue weighted by atomic mass is 19.4. The Hall–Kier alpha value is -2.32. The first kappa shape index (κ1) is 15.1. The van der Waals surface area contributed by atoms with Crippen LogP contribution in [0.25, 0.3) is 5.69 Å². The van der Waals surface area contributed by atoms with E-state index >= 15 is 0 Å². The lowest BCUT2D eigenvalue weighted by Crippen LogP contribution is -2.11. The van der Waals surface area contributed by atoms with Gasteiger partial charge < -0.3 is 0 Å². The molecular weight excluding hydrogens is 302 g/mol. The van der Waals surface area contributed by atoms with Crippen LogP contribution in [0.3, 0.4) is 0 Å². The SMILES string of the molecule is O=Cc1ccc(-n2ccc(C(F)(F)F)n2)cc1C(F)(F)F. The van der Waals surface area contributed by atoms with Crippen LogP contribution in [0.15, 0.2) is 30.5 Å². The van der Waals surface area contributed by atoms with Gasteiger partial charge in [-0.15, -0.1) is 0 Å². The molecule has 2 aromatic rings. The van der Waals surface area contributed by atoms with Gasteiger partial charge in [0.1, 0.15) is 0 Å². The summed E-state index contributed by atoms with van der Waals surface area (Å²) in [6, 6.07) is 3.16. The molecule has 0 amide bonds. The topological polar surface area (TPSA) is 34.9 Å². The molecule has 1 aromatic carbocycles. The zero-order valence-corrected chi connectivity index (χ0v) is 10.0. The number of aldehydes is 1. The molecule has 112 valence electrons. The van der Waals surface area contributed by atoms with E-state index in [0.29, 0.717) is 16.8 Å². The van der Waals surface area contributed by atoms with Gasteiger partial charge in [0.15, 0.2) is 12.0 Å². The summed E-state index contributed by atoms with van der Waals surface area (Å²) in [7, 11) is 0. The van der Waals surface area contributed by atoms with Crippen molar-refractivity contribution < 1.29 is 31.1 Å². The van der Waals surface area contributed by atoms with Crippen molar-refractivity contribution in [3.8, 4) is 5.69 Å². The van der Waals surface area contributed by atoms with Crippen molar-refractivity contribution in [2.45, 2.75) is 12.4 Å². The van der Waals surface area contributed by atoms with Crippen molar-refractivity contribution in [2.75, 3.05) is 0 Å². The number of hydrogen-bond donors (Lipinski definition) is 0. The average molecular weight is 308 g/mol. The summed E-state index contributed by atoms with van der Waals surface area (Å²) < 4.78 is 76.1. The smallest absolute Gasteiger partial charge is 0.298 e. The van der Waals surface area contributed by atoms with Crippen molar-refractivity contribution in [1.82, 2.24) is 9.78 Å². The highest BCUT2D eigenvalue weighted by molar-refractivity contribution is 5.78. The Balaban J connectivity index is 2.51. The van der Waals surface area contributed by atoms with Crippen LogP contribution in [0.4, 0.5) is 26.3 Å². The van der Waals surface area contributed by atoms with Crippen molar-refractivity contribution >= 4 is 6.29 Å². The Morgan fingerprint density at radius 1 is 1.00 bits per heavy atom. The third-order valence-electron chi connectivity index (χ3n) is 2.61. The van der Waals surface area contributed by atoms with E-state index in [1.165, 1.54) is 0 Å². The van der Waals surface area contributed by atoms with E-state index in [4.69, 9.17) is 0 Å². The van der Waals surface area contributed by atoms with Crippen LogP contribution >= 0.6 is 0 Å². The monoisotopic (exact) mass is 308 g/mol. The maximum absolute atomic E-state index is 12.8. The van der Waals surface area contributed by atoms with Gasteiger partial charge in [-0.2, -0.15) is 31.4 Å². The zero-order chi connectivity index (χ0) is 15.8. The summed E-state index contributed by atoms with van der Waals surface area (Å²) in [5.41, 5.74) is -3.30. The van der Waals surface area contributed by atoms with Gasteiger partial charge in [0.05, 0.1) is 11.3 Å². The first-order chi connectivity index (χ1) is 9.63. The molecule has 0 radical (unpaired) electrons. The molecule has 0 fully saturated rings. The normalized spacial score (nSPS) is 12.5. The first-order valence-corrected chi connectivity index (χ1v) is 5.42. The molecular formula is C12H6F6N2O. The molecule has 0 bridgehead atoms. The Kier molecular flexibility index (Phi) is 3.52. The minimum Gasteiger partial charge on any atom is -0.298 e. The van der Waals surface area contributed by atoms with Gasteiger partial charge >= 0.3 is 12.4 Å². The molecule has 0 saturated heterocycles. The summed E-state index contributed by atoms with van der Waals surface area (Å²) >= 11 is 0. The lowest BCUT2D eigenvalue weighted by molar-refractivity contribution is -0.141. The molecule has 0 spiro atoms. The van der Waals surface area contributed by atoms with Crippen molar-refractivity contribution in [3.63, 3.8) is 0 Å². The highest BCUT2D eigenvalue weighted by Gasteiger charge is 2.35. The number of halogens is 6. The Morgan fingerprint density at radius 2 is 1.67 bits per heavy atom. The van der Waals surface area contributed by atoms with Gasteiger partial charge in [-0.25, -0.2) is 4.68 Å². The molecule has 0 saturated carbocycles. The van der Waals surface area contributed by atoms with Gasteiger partial charge in [0, 0.05) is 11.8 Å². The highest BCUT2D eigenvalue weighted by Crippen LogP contribution is 2.33. The lowest BCUT2D eigenvalue weighted by atomic mass is 10.1. The molecule has 0 aliphatic carbocycles. The number of benzene rings is 1. The van der Waals surface area contributed by atoms with E-state index < -0.39 is 29.2 Å². The molecule has 0 unspecified atom stereocenters. The quantitative estimate of drug-likeness (QED) is 0.626. The number of hydrogen-bond acceptors (Lipinski definition) is 2. The molecule has 1 aromatic heterocycles. The van der Waals surface area contributed by atoms with Gasteiger partial charge in [0.25, 0.3) is 0 Å². The van der Waals surface area contributed by atoms with Gasteiger partial charge in [0.2, 0.25) is 0 Å². The maximum Gasteiger partial charge on any atom is 0.435 e. The number of carbonyl (C=O) groups is 1. The van der Waals surface area contributed by atoms with Gasteiger partial charge in [-0.05, 0) is 24.3 Å². The first-order valence-electron chi connectivity index (χ1n) is 5.42. The summed E-state index contributed by atoms with van der Waals surface area (Å²) in [4.78, 5) is 10.6. The van der Waals surface area contributed by atoms with Crippen LogP contribution < -0.4 is 0 Å². The number of carbonyl (C=O) groups excluding carboxylic acids is 1. The molecule has 1 heterocycles. The maximum atomic E-state index is 12.8. The zero-order valence-electron chi connectivity index (χ0n) is 10.0. The Morgan fingerprint density at radius 3 is 2.14 bits per heavy atom. The Labute approximate surface area is 113 Å². The van der Waals surface area contributed by atoms with Crippen LogP contribution in [0, 0.1) is 0 Å². The van der Waals surface area contributed by atoms with Crippen LogP contribution in [0.5, 0.6) is 0 Å². The largest absolute Gasteiger partial charge is 0.435 e. The lowest BCUT2D eigenvalue weighted by Gasteiger charge is -2.11. The fourth-order valence-electron chi connectivity index (χ4n) is 1.65. The molecule has 0 aliphatic rings. The van der Waals surface area contributed by atoms with E-state index in [9.17, 15) is 31.1 Å². The Bertz CT molecular complexity index is 671. The van der Waals surface area contributed by atoms with E-state index in [-0.39, 0.29) is 12.0 Å². The van der Waals surface area contributed by atoms with E-state index in [2.05, 4.69) is 5.10 Å². The van der Waals surface area contributed by atoms with Crippen LogP contribution in [0.1, 0.15) is 21.6 Å². The van der Waals surface area contributed by atoms with Crippen LogP contribution in [-0.2, 0) is 12.4 Å². The standard InChI is InChI=1S/C12H6F6N2O/c13-11(14,15)9-5-8(2-1-7(9)6-21)20-4-3-10(19-20)12(16,17)18/h1-6H. The fourth-order valence-corrected chi connectivity index (χ4v) is 1.65. The average Bonchev–Trinajstić information content (AvgIpc) is 2.86. The van der Waals surface area contributed by atoms with Crippen molar-refractivity contribution in [3.05, 3.63) is 47.3 Å². The summed E-state index contributed by atoms with van der Waals surface area (Å²) in [5.74, 6) is 0. The third kappa shape index (κ3) is 3.06. The number of rotatable bonds is 2. The second-order valence-electron chi connectivity index (χ2n) is 4.03. The summed E-state index contributed by atoms with van der Waals surface area (Å²) in [6.07, 6.45) is -8.58. The predicted octanol–water partition coefficient (Wildman–Crippen LogP) is 3.72. The van der Waals surface area contributed by atoms with E-state index in [0.717, 1.165) is 18.3 Å². The molecule has 21 heavy (non-hydrogen) atoms. The summed E-state index contributed by atoms with van der Waals surface area (Å²) in [6.45, 7) is 0. The minimum atomic E-state index is -4.80. The molecule has 2 rings (SSSR count). The second kappa shape index (κ2) is 4.90. The molecule has 0 N–H and O–H groups in total. The van der Waals surface area contributed by atoms with E-state index in [1.807, 2.05) is 0 Å². The molecule has 9 heteroatoms. The van der Waals surface area contributed by atoms with E-state index in [1.54, 1.807) is 0 Å². The fraction of sp³-hybridized carbons (Fsp3) is 0.167. The van der Waals surface area contributed by atoms with Gasteiger partial charge in [-0.3, -0.25) is 4.79 Å². The number of aromatic nitrogens is 2. The van der Waals surface area contributed by atoms with Crippen LogP contribution in [-0.4, -0.2) is 16.1 Å². The molecule has 0 atom stereocenters. The number of alkyl halides is 6. The molecule has 3 nitrogen and oxygen atoms in total. The van der Waals surface area contributed by atoms with Crippen LogP contribution in [0.2, 0.25) is 0 Å². The second-order valence-corrected chi connectivity index (χ2v) is 4.03. The predicted molar refractivity (Wildman–Crippen MR) is 59.0 cm³/mol. The summed E-state index contributed by atoms with van der Waals surface area (Å²) in [5, 5.41) is 3.17. The van der Waals surface area contributed by atoms with Crippen molar-refractivity contribution in [1.29, 1.82) is 0 Å². The minimum absolute atomic E-state index is 0.0246. The number of nitrogens with zero attached hydrogens (tertiary/aromatic N) is 2. The van der Waals surface area contributed by atoms with Gasteiger partial charge in [-0.1, -0.05) is 0 Å². The van der Waals surface area contributed by atoms with Crippen molar-refractivity contribution in [2.24, 2.45) is 0 Å².